The van der Waals surface area contributed by atoms with E-state index in [9.17, 15) is 19.7 Å². The van der Waals surface area contributed by atoms with Gasteiger partial charge in [-0.05, 0) is 38.0 Å². The van der Waals surface area contributed by atoms with Crippen LogP contribution in [0.15, 0.2) is 24.3 Å². The summed E-state index contributed by atoms with van der Waals surface area (Å²) in [5.41, 5.74) is 1.78. The second kappa shape index (κ2) is 8.42. The van der Waals surface area contributed by atoms with Crippen molar-refractivity contribution in [2.24, 2.45) is 0 Å². The molecule has 0 N–H and O–H groups in total. The lowest BCUT2D eigenvalue weighted by Gasteiger charge is -2.34. The molecule has 2 aromatic rings. The highest BCUT2D eigenvalue weighted by Gasteiger charge is 2.34. The molecule has 0 atom stereocenters. The minimum absolute atomic E-state index is 0.00457. The van der Waals surface area contributed by atoms with Gasteiger partial charge in [0.05, 0.1) is 4.92 Å². The first-order valence-corrected chi connectivity index (χ1v) is 9.76. The van der Waals surface area contributed by atoms with Gasteiger partial charge in [-0.1, -0.05) is 19.1 Å². The molecule has 0 saturated carbocycles. The maximum Gasteiger partial charge on any atom is 0.322 e. The smallest absolute Gasteiger partial charge is 0.322 e. The van der Waals surface area contributed by atoms with Gasteiger partial charge in [0, 0.05) is 38.3 Å². The van der Waals surface area contributed by atoms with Crippen LogP contribution in [0.4, 0.5) is 5.69 Å². The lowest BCUT2D eigenvalue weighted by atomic mass is 10.1. The van der Waals surface area contributed by atoms with Crippen LogP contribution in [0.1, 0.15) is 46.0 Å². The molecule has 1 aromatic heterocycles. The highest BCUT2D eigenvalue weighted by molar-refractivity contribution is 5.97. The Bertz CT molecular complexity index is 927. The van der Waals surface area contributed by atoms with E-state index in [1.807, 2.05) is 24.3 Å². The van der Waals surface area contributed by atoms with Gasteiger partial charge in [-0.25, -0.2) is 0 Å². The molecule has 0 unspecified atom stereocenters. The molecule has 1 aromatic carbocycles. The molecule has 0 spiro atoms. The summed E-state index contributed by atoms with van der Waals surface area (Å²) in [5, 5.41) is 15.6. The molecular weight excluding hydrogens is 374 g/mol. The third-order valence-electron chi connectivity index (χ3n) is 5.24. The van der Waals surface area contributed by atoms with Gasteiger partial charge in [0.25, 0.3) is 11.8 Å². The number of piperazine rings is 1. The normalized spacial score (nSPS) is 14.2. The van der Waals surface area contributed by atoms with Gasteiger partial charge in [-0.15, -0.1) is 0 Å². The number of benzene rings is 1. The lowest BCUT2D eigenvalue weighted by Crippen LogP contribution is -2.51. The first kappa shape index (κ1) is 20.5. The number of hydrogen-bond acceptors (Lipinski definition) is 5. The molecule has 0 radical (unpaired) electrons. The van der Waals surface area contributed by atoms with Crippen LogP contribution in [-0.2, 0) is 13.0 Å². The van der Waals surface area contributed by atoms with Crippen LogP contribution < -0.4 is 0 Å². The molecule has 2 heterocycles. The van der Waals surface area contributed by atoms with Gasteiger partial charge >= 0.3 is 5.69 Å². The maximum absolute atomic E-state index is 13.0. The molecule has 1 aliphatic heterocycles. The van der Waals surface area contributed by atoms with Crippen molar-refractivity contribution in [3.05, 3.63) is 56.9 Å². The second-order valence-electron chi connectivity index (χ2n) is 6.99. The summed E-state index contributed by atoms with van der Waals surface area (Å²) >= 11 is 0. The van der Waals surface area contributed by atoms with Gasteiger partial charge in [0.2, 0.25) is 5.69 Å². The molecule has 9 nitrogen and oxygen atoms in total. The van der Waals surface area contributed by atoms with Crippen molar-refractivity contribution in [2.75, 3.05) is 26.2 Å². The van der Waals surface area contributed by atoms with E-state index in [0.717, 1.165) is 6.42 Å². The summed E-state index contributed by atoms with van der Waals surface area (Å²) < 4.78 is 1.38. The van der Waals surface area contributed by atoms with Crippen LogP contribution in [0.3, 0.4) is 0 Å². The summed E-state index contributed by atoms with van der Waals surface area (Å²) in [6.07, 6.45) is 0.912. The van der Waals surface area contributed by atoms with E-state index >= 15 is 0 Å². The van der Waals surface area contributed by atoms with E-state index in [4.69, 9.17) is 0 Å². The number of amides is 2. The van der Waals surface area contributed by atoms with Crippen molar-refractivity contribution < 1.29 is 14.5 Å². The topological polar surface area (TPSA) is 102 Å². The SMILES string of the molecule is CCc1ccc(C(=O)N2CCN(C(=O)c3c([N+](=O)[O-])c(C)nn3CC)CC2)cc1. The number of nitrogens with zero attached hydrogens (tertiary/aromatic N) is 5. The van der Waals surface area contributed by atoms with Gasteiger partial charge in [0.15, 0.2) is 0 Å². The molecule has 0 bridgehead atoms. The van der Waals surface area contributed by atoms with E-state index in [1.165, 1.54) is 17.2 Å². The van der Waals surface area contributed by atoms with Crippen molar-refractivity contribution in [3.8, 4) is 0 Å². The molecule has 3 rings (SSSR count). The van der Waals surface area contributed by atoms with E-state index in [0.29, 0.717) is 38.3 Å². The lowest BCUT2D eigenvalue weighted by molar-refractivity contribution is -0.385. The number of carbonyl (C=O) groups excluding carboxylic acids is 2. The number of aromatic nitrogens is 2. The summed E-state index contributed by atoms with van der Waals surface area (Å²) in [7, 11) is 0. The Hall–Kier alpha value is -3.23. The van der Waals surface area contributed by atoms with Crippen molar-refractivity contribution >= 4 is 17.5 Å². The Labute approximate surface area is 169 Å². The molecule has 1 fully saturated rings. The van der Waals surface area contributed by atoms with E-state index in [2.05, 4.69) is 12.0 Å². The fourth-order valence-electron chi connectivity index (χ4n) is 3.56. The van der Waals surface area contributed by atoms with Gasteiger partial charge in [-0.2, -0.15) is 5.10 Å². The fourth-order valence-corrected chi connectivity index (χ4v) is 3.56. The molecule has 1 aliphatic rings. The van der Waals surface area contributed by atoms with Crippen LogP contribution >= 0.6 is 0 Å². The van der Waals surface area contributed by atoms with Gasteiger partial charge < -0.3 is 9.80 Å². The highest BCUT2D eigenvalue weighted by atomic mass is 16.6. The van der Waals surface area contributed by atoms with Crippen molar-refractivity contribution in [1.29, 1.82) is 0 Å². The van der Waals surface area contributed by atoms with Crippen molar-refractivity contribution in [2.45, 2.75) is 33.7 Å². The summed E-state index contributed by atoms with van der Waals surface area (Å²) in [5.74, 6) is -0.487. The molecule has 9 heteroatoms. The first-order valence-electron chi connectivity index (χ1n) is 9.76. The predicted octanol–water partition coefficient (Wildman–Crippen LogP) is 2.28. The second-order valence-corrected chi connectivity index (χ2v) is 6.99. The van der Waals surface area contributed by atoms with Crippen LogP contribution in [-0.4, -0.2) is 62.5 Å². The van der Waals surface area contributed by atoms with Crippen LogP contribution in [0, 0.1) is 17.0 Å². The number of aryl methyl sites for hydroxylation is 3. The minimum atomic E-state index is -0.554. The third-order valence-corrected chi connectivity index (χ3v) is 5.24. The zero-order chi connectivity index (χ0) is 21.1. The molecular formula is C20H25N5O4. The number of nitro groups is 1. The Kier molecular flexibility index (Phi) is 5.95. The van der Waals surface area contributed by atoms with Crippen molar-refractivity contribution in [3.63, 3.8) is 0 Å². The zero-order valence-corrected chi connectivity index (χ0v) is 16.9. The largest absolute Gasteiger partial charge is 0.335 e. The van der Waals surface area contributed by atoms with Crippen LogP contribution in [0.5, 0.6) is 0 Å². The summed E-state index contributed by atoms with van der Waals surface area (Å²) in [6.45, 7) is 7.14. The quantitative estimate of drug-likeness (QED) is 0.567. The van der Waals surface area contributed by atoms with Gasteiger partial charge in [-0.3, -0.25) is 24.4 Å². The Morgan fingerprint density at radius 2 is 1.59 bits per heavy atom. The van der Waals surface area contributed by atoms with Crippen molar-refractivity contribution in [1.82, 2.24) is 19.6 Å². The monoisotopic (exact) mass is 399 g/mol. The Morgan fingerprint density at radius 3 is 2.07 bits per heavy atom. The number of carbonyl (C=O) groups is 2. The zero-order valence-electron chi connectivity index (χ0n) is 16.9. The standard InChI is InChI=1S/C20H25N5O4/c1-4-15-6-8-16(9-7-15)19(26)22-10-12-23(13-11-22)20(27)18-17(25(28)29)14(3)21-24(18)5-2/h6-9H,4-5,10-13H2,1-3H3. The highest BCUT2D eigenvalue weighted by Crippen LogP contribution is 2.25. The maximum atomic E-state index is 13.0. The van der Waals surface area contributed by atoms with E-state index < -0.39 is 10.8 Å². The molecule has 154 valence electrons. The number of hydrogen-bond donors (Lipinski definition) is 0. The van der Waals surface area contributed by atoms with Gasteiger partial charge in [0.1, 0.15) is 5.69 Å². The van der Waals surface area contributed by atoms with Crippen LogP contribution in [0.25, 0.3) is 0 Å². The predicted molar refractivity (Wildman–Crippen MR) is 107 cm³/mol. The average Bonchev–Trinajstić information content (AvgIpc) is 3.09. The average molecular weight is 399 g/mol. The number of rotatable bonds is 5. The molecule has 2 amide bonds. The fraction of sp³-hybridized carbons (Fsp3) is 0.450. The summed E-state index contributed by atoms with van der Waals surface area (Å²) in [4.78, 5) is 39.8. The Morgan fingerprint density at radius 1 is 1.03 bits per heavy atom. The molecule has 1 saturated heterocycles. The minimum Gasteiger partial charge on any atom is -0.335 e. The Balaban J connectivity index is 1.71. The molecule has 0 aliphatic carbocycles. The summed E-state index contributed by atoms with van der Waals surface area (Å²) in [6, 6.07) is 7.54. The van der Waals surface area contributed by atoms with E-state index in [1.54, 1.807) is 16.7 Å². The third kappa shape index (κ3) is 3.98. The van der Waals surface area contributed by atoms with E-state index in [-0.39, 0.29) is 23.0 Å². The molecule has 29 heavy (non-hydrogen) atoms. The first-order chi connectivity index (χ1) is 13.9. The van der Waals surface area contributed by atoms with Crippen LogP contribution in [0.2, 0.25) is 0 Å².